The van der Waals surface area contributed by atoms with Gasteiger partial charge in [0.2, 0.25) is 0 Å². The number of hydrogen-bond acceptors (Lipinski definition) is 4. The van der Waals surface area contributed by atoms with Crippen LogP contribution in [0.1, 0.15) is 19.8 Å². The molecule has 6 heteroatoms. The minimum atomic E-state index is -1.14. The molecule has 0 bridgehead atoms. The number of rotatable bonds is 8. The molecule has 0 rings (SSSR count). The van der Waals surface area contributed by atoms with E-state index in [1.54, 1.807) is 0 Å². The van der Waals surface area contributed by atoms with E-state index in [9.17, 15) is 9.59 Å². The summed E-state index contributed by atoms with van der Waals surface area (Å²) >= 11 is 0. The van der Waals surface area contributed by atoms with Crippen LogP contribution in [0.15, 0.2) is 0 Å². The van der Waals surface area contributed by atoms with Crippen LogP contribution in [0.5, 0.6) is 0 Å². The average molecular weight is 219 g/mol. The molecule has 0 saturated heterocycles. The summed E-state index contributed by atoms with van der Waals surface area (Å²) in [7, 11) is 0. The topological polar surface area (TPSA) is 107 Å². The molecule has 0 radical (unpaired) electrons. The largest absolute Gasteiger partial charge is 0.481 e. The highest BCUT2D eigenvalue weighted by Gasteiger charge is 2.21. The third-order valence-corrected chi connectivity index (χ3v) is 2.14. The Morgan fingerprint density at radius 1 is 1.33 bits per heavy atom. The van der Waals surface area contributed by atoms with E-state index in [1.165, 1.54) is 0 Å². The summed E-state index contributed by atoms with van der Waals surface area (Å²) in [5.74, 6) is -3.23. The van der Waals surface area contributed by atoms with Crippen molar-refractivity contribution in [3.05, 3.63) is 0 Å². The Morgan fingerprint density at radius 3 is 2.27 bits per heavy atom. The number of carbonyl (C=O) groups is 2. The van der Waals surface area contributed by atoms with Gasteiger partial charge in [0, 0.05) is 12.6 Å². The zero-order chi connectivity index (χ0) is 11.8. The normalized spacial score (nSPS) is 14.5. The number of aliphatic hydroxyl groups excluding tert-OH is 1. The molecule has 0 aromatic carbocycles. The summed E-state index contributed by atoms with van der Waals surface area (Å²) in [6.45, 7) is 1.82. The van der Waals surface area contributed by atoms with Gasteiger partial charge in [0.15, 0.2) is 0 Å². The Hall–Kier alpha value is -1.14. The quantitative estimate of drug-likeness (QED) is 0.439. The molecule has 0 fully saturated rings. The van der Waals surface area contributed by atoms with Crippen LogP contribution in [0, 0.1) is 5.92 Å². The van der Waals surface area contributed by atoms with E-state index in [4.69, 9.17) is 15.3 Å². The second-order valence-corrected chi connectivity index (χ2v) is 3.33. The van der Waals surface area contributed by atoms with Crippen LogP contribution in [0.25, 0.3) is 0 Å². The molecule has 88 valence electrons. The minimum absolute atomic E-state index is 0.0562. The van der Waals surface area contributed by atoms with Crippen molar-refractivity contribution < 1.29 is 24.9 Å². The van der Waals surface area contributed by atoms with E-state index in [1.807, 2.05) is 6.92 Å². The summed E-state index contributed by atoms with van der Waals surface area (Å²) in [4.78, 5) is 21.0. The van der Waals surface area contributed by atoms with Crippen molar-refractivity contribution in [3.8, 4) is 0 Å². The van der Waals surface area contributed by atoms with Gasteiger partial charge in [0.05, 0.1) is 18.9 Å². The Bertz CT molecular complexity index is 215. The van der Waals surface area contributed by atoms with Gasteiger partial charge in [-0.25, -0.2) is 0 Å². The molecule has 0 aromatic heterocycles. The first kappa shape index (κ1) is 13.9. The lowest BCUT2D eigenvalue weighted by Crippen LogP contribution is -2.38. The van der Waals surface area contributed by atoms with Crippen molar-refractivity contribution in [1.82, 2.24) is 5.32 Å². The maximum absolute atomic E-state index is 10.7. The third kappa shape index (κ3) is 6.03. The lowest BCUT2D eigenvalue weighted by molar-refractivity contribution is -0.148. The van der Waals surface area contributed by atoms with Gasteiger partial charge in [-0.3, -0.25) is 9.59 Å². The number of carboxylic acid groups (broad SMARTS) is 2. The van der Waals surface area contributed by atoms with E-state index in [2.05, 4.69) is 5.32 Å². The van der Waals surface area contributed by atoms with E-state index < -0.39 is 24.3 Å². The number of hydrogen-bond donors (Lipinski definition) is 4. The van der Waals surface area contributed by atoms with E-state index in [-0.39, 0.29) is 19.2 Å². The summed E-state index contributed by atoms with van der Waals surface area (Å²) in [6, 6.07) is -0.180. The van der Waals surface area contributed by atoms with Crippen LogP contribution in [-0.4, -0.2) is 46.5 Å². The fourth-order valence-electron chi connectivity index (χ4n) is 1.10. The zero-order valence-corrected chi connectivity index (χ0v) is 8.64. The smallest absolute Gasteiger partial charge is 0.308 e. The molecule has 0 aromatic rings. The van der Waals surface area contributed by atoms with Crippen LogP contribution in [0.2, 0.25) is 0 Å². The molecule has 0 aliphatic rings. The van der Waals surface area contributed by atoms with Gasteiger partial charge in [-0.2, -0.15) is 0 Å². The molecule has 0 aliphatic carbocycles. The van der Waals surface area contributed by atoms with Gasteiger partial charge in [0.25, 0.3) is 0 Å². The molecule has 15 heavy (non-hydrogen) atoms. The van der Waals surface area contributed by atoms with Crippen LogP contribution in [-0.2, 0) is 9.59 Å². The van der Waals surface area contributed by atoms with E-state index in [0.29, 0.717) is 6.42 Å². The lowest BCUT2D eigenvalue weighted by Gasteiger charge is -2.17. The maximum atomic E-state index is 10.7. The van der Waals surface area contributed by atoms with Crippen LogP contribution in [0.3, 0.4) is 0 Å². The van der Waals surface area contributed by atoms with Crippen molar-refractivity contribution in [1.29, 1.82) is 0 Å². The molecule has 4 N–H and O–H groups in total. The van der Waals surface area contributed by atoms with Gasteiger partial charge in [-0.1, -0.05) is 6.92 Å². The van der Waals surface area contributed by atoms with Gasteiger partial charge >= 0.3 is 11.9 Å². The Labute approximate surface area is 87.9 Å². The Morgan fingerprint density at radius 2 is 1.93 bits per heavy atom. The lowest BCUT2D eigenvalue weighted by atomic mass is 10.1. The van der Waals surface area contributed by atoms with E-state index in [0.717, 1.165) is 0 Å². The van der Waals surface area contributed by atoms with E-state index >= 15 is 0 Å². The highest BCUT2D eigenvalue weighted by molar-refractivity contribution is 5.77. The van der Waals surface area contributed by atoms with Crippen LogP contribution in [0.4, 0.5) is 0 Å². The Balaban J connectivity index is 4.06. The SMILES string of the molecule is CCC(CO)NCC(CC(=O)O)C(=O)O. The molecule has 0 amide bonds. The van der Waals surface area contributed by atoms with Crippen molar-refractivity contribution in [3.63, 3.8) is 0 Å². The van der Waals surface area contributed by atoms with Crippen LogP contribution < -0.4 is 5.32 Å². The molecule has 0 saturated carbocycles. The summed E-state index contributed by atoms with van der Waals surface area (Å²) in [5.41, 5.74) is 0. The highest BCUT2D eigenvalue weighted by atomic mass is 16.4. The first-order valence-corrected chi connectivity index (χ1v) is 4.80. The average Bonchev–Trinajstić information content (AvgIpc) is 2.16. The fourth-order valence-corrected chi connectivity index (χ4v) is 1.10. The Kier molecular flexibility index (Phi) is 6.64. The molecule has 6 nitrogen and oxygen atoms in total. The van der Waals surface area contributed by atoms with Crippen molar-refractivity contribution in [2.45, 2.75) is 25.8 Å². The second-order valence-electron chi connectivity index (χ2n) is 3.33. The summed E-state index contributed by atoms with van der Waals surface area (Å²) < 4.78 is 0. The molecule has 0 heterocycles. The molecule has 0 aliphatic heterocycles. The van der Waals surface area contributed by atoms with Crippen molar-refractivity contribution in [2.24, 2.45) is 5.92 Å². The molecular formula is C9H17NO5. The first-order valence-electron chi connectivity index (χ1n) is 4.80. The first-order chi connectivity index (χ1) is 7.01. The number of aliphatic carboxylic acids is 2. The van der Waals surface area contributed by atoms with Gasteiger partial charge in [0.1, 0.15) is 0 Å². The molecule has 2 atom stereocenters. The fraction of sp³-hybridized carbons (Fsp3) is 0.778. The predicted octanol–water partition coefficient (Wildman–Crippen LogP) is -0.478. The minimum Gasteiger partial charge on any atom is -0.481 e. The van der Waals surface area contributed by atoms with Gasteiger partial charge in [-0.05, 0) is 6.42 Å². The molecule has 2 unspecified atom stereocenters. The van der Waals surface area contributed by atoms with Gasteiger partial charge in [-0.15, -0.1) is 0 Å². The van der Waals surface area contributed by atoms with Gasteiger partial charge < -0.3 is 20.6 Å². The number of carboxylic acids is 2. The number of nitrogens with one attached hydrogen (secondary N) is 1. The second kappa shape index (κ2) is 7.19. The molecule has 0 spiro atoms. The molecular weight excluding hydrogens is 202 g/mol. The maximum Gasteiger partial charge on any atom is 0.308 e. The monoisotopic (exact) mass is 219 g/mol. The summed E-state index contributed by atoms with van der Waals surface area (Å²) in [5, 5.41) is 28.8. The van der Waals surface area contributed by atoms with Crippen molar-refractivity contribution >= 4 is 11.9 Å². The zero-order valence-electron chi connectivity index (χ0n) is 8.64. The standard InChI is InChI=1S/C9H17NO5/c1-2-7(5-11)10-4-6(9(14)15)3-8(12)13/h6-7,10-11H,2-5H2,1H3,(H,12,13)(H,14,15). The summed E-state index contributed by atoms with van der Waals surface area (Å²) in [6.07, 6.45) is 0.250. The van der Waals surface area contributed by atoms with Crippen molar-refractivity contribution in [2.75, 3.05) is 13.2 Å². The highest BCUT2D eigenvalue weighted by Crippen LogP contribution is 2.03. The third-order valence-electron chi connectivity index (χ3n) is 2.14. The van der Waals surface area contributed by atoms with Crippen LogP contribution >= 0.6 is 0 Å². The number of aliphatic hydroxyl groups is 1. The predicted molar refractivity (Wildman–Crippen MR) is 52.5 cm³/mol.